The number of aromatic nitrogens is 3. The largest absolute Gasteiger partial charge is 0.361 e. The van der Waals surface area contributed by atoms with Crippen LogP contribution in [-0.4, -0.2) is 21.2 Å². The minimum Gasteiger partial charge on any atom is -0.361 e. The third kappa shape index (κ3) is 1.02. The van der Waals surface area contributed by atoms with Crippen molar-refractivity contribution in [1.29, 1.82) is 0 Å². The normalized spacial score (nSPS) is 26.9. The second-order valence-corrected chi connectivity index (χ2v) is 3.73. The molecule has 3 rings (SSSR count). The van der Waals surface area contributed by atoms with Gasteiger partial charge in [-0.05, 0) is 12.2 Å². The van der Waals surface area contributed by atoms with Crippen molar-refractivity contribution in [3.05, 3.63) is 34.8 Å². The quantitative estimate of drug-likeness (QED) is 0.629. The van der Waals surface area contributed by atoms with E-state index >= 15 is 0 Å². The summed E-state index contributed by atoms with van der Waals surface area (Å²) in [5.74, 6) is 1.09. The van der Waals surface area contributed by atoms with Crippen LogP contribution >= 0.6 is 12.2 Å². The molecule has 0 bridgehead atoms. The summed E-state index contributed by atoms with van der Waals surface area (Å²) in [7, 11) is 0. The van der Waals surface area contributed by atoms with Crippen molar-refractivity contribution in [2.45, 2.75) is 12.0 Å². The monoisotopic (exact) mass is 204 g/mol. The van der Waals surface area contributed by atoms with E-state index in [9.17, 15) is 0 Å². The van der Waals surface area contributed by atoms with E-state index in [-0.39, 0.29) is 12.0 Å². The summed E-state index contributed by atoms with van der Waals surface area (Å²) in [6, 6.07) is 0.278. The molecule has 0 amide bonds. The van der Waals surface area contributed by atoms with Crippen LogP contribution < -0.4 is 5.32 Å². The number of anilines is 1. The maximum absolute atomic E-state index is 4.91. The van der Waals surface area contributed by atoms with E-state index in [1.165, 1.54) is 0 Å². The first-order valence-electron chi connectivity index (χ1n) is 4.43. The number of nitrogens with one attached hydrogen (secondary N) is 2. The Balaban J connectivity index is 2.15. The molecular weight excluding hydrogens is 196 g/mol. The molecule has 0 saturated carbocycles. The van der Waals surface area contributed by atoms with Gasteiger partial charge in [-0.1, -0.05) is 24.3 Å². The molecule has 14 heavy (non-hydrogen) atoms. The first-order chi connectivity index (χ1) is 6.84. The topological polar surface area (TPSA) is 53.6 Å². The molecule has 4 nitrogen and oxygen atoms in total. The standard InChI is InChI=1S/C9H8N4S/c14-9-11-8-7(12-13-9)5-3-1-2-4-6(5)10-8/h1-6H,(H2,10,11,13,14)/t5-,6-/m0/s1. The first kappa shape index (κ1) is 7.87. The van der Waals surface area contributed by atoms with E-state index in [0.29, 0.717) is 4.77 Å². The molecule has 2 atom stereocenters. The maximum atomic E-state index is 4.91. The molecule has 0 aromatic carbocycles. The van der Waals surface area contributed by atoms with Gasteiger partial charge in [0.1, 0.15) is 5.69 Å². The second-order valence-electron chi connectivity index (χ2n) is 3.34. The lowest BCUT2D eigenvalue weighted by molar-refractivity contribution is 0.763. The Morgan fingerprint density at radius 2 is 2.14 bits per heavy atom. The summed E-state index contributed by atoms with van der Waals surface area (Å²) in [4.78, 5) is 4.20. The predicted molar refractivity (Wildman–Crippen MR) is 55.6 cm³/mol. The Morgan fingerprint density at radius 3 is 3.07 bits per heavy atom. The molecule has 5 heteroatoms. The second kappa shape index (κ2) is 2.75. The molecule has 1 aromatic rings. The van der Waals surface area contributed by atoms with Gasteiger partial charge >= 0.3 is 0 Å². The van der Waals surface area contributed by atoms with Crippen LogP contribution in [0.25, 0.3) is 0 Å². The van der Waals surface area contributed by atoms with Crippen molar-refractivity contribution in [3.8, 4) is 0 Å². The highest BCUT2D eigenvalue weighted by atomic mass is 32.1. The zero-order valence-electron chi connectivity index (χ0n) is 7.27. The molecular formula is C9H8N4S. The van der Waals surface area contributed by atoms with Crippen molar-refractivity contribution in [1.82, 2.24) is 15.2 Å². The summed E-state index contributed by atoms with van der Waals surface area (Å²) in [6.45, 7) is 0. The summed E-state index contributed by atoms with van der Waals surface area (Å²) in [5.41, 5.74) is 0.948. The van der Waals surface area contributed by atoms with Gasteiger partial charge in [0.05, 0.1) is 6.04 Å². The van der Waals surface area contributed by atoms with Crippen molar-refractivity contribution in [3.63, 3.8) is 0 Å². The molecule has 2 aliphatic rings. The lowest BCUT2D eigenvalue weighted by Crippen LogP contribution is -2.17. The van der Waals surface area contributed by atoms with Gasteiger partial charge in [0.25, 0.3) is 0 Å². The Morgan fingerprint density at radius 1 is 1.29 bits per heavy atom. The van der Waals surface area contributed by atoms with Crippen LogP contribution in [0.15, 0.2) is 24.3 Å². The number of rotatable bonds is 0. The van der Waals surface area contributed by atoms with Crippen LogP contribution in [-0.2, 0) is 0 Å². The SMILES string of the molecule is S=c1nc2c(n[nH]1)[C@H]1C=CC=C[C@@H]1N2. The summed E-state index contributed by atoms with van der Waals surface area (Å²) >= 11 is 4.91. The van der Waals surface area contributed by atoms with Crippen molar-refractivity contribution in [2.75, 3.05) is 5.32 Å². The molecule has 1 aromatic heterocycles. The number of allylic oxidation sites excluding steroid dienone is 2. The molecule has 70 valence electrons. The van der Waals surface area contributed by atoms with E-state index in [2.05, 4.69) is 32.7 Å². The Labute approximate surface area is 85.8 Å². The lowest BCUT2D eigenvalue weighted by Gasteiger charge is -2.13. The zero-order chi connectivity index (χ0) is 9.54. The van der Waals surface area contributed by atoms with Crippen LogP contribution in [0.2, 0.25) is 0 Å². The van der Waals surface area contributed by atoms with Crippen LogP contribution in [0.3, 0.4) is 0 Å². The summed E-state index contributed by atoms with van der Waals surface area (Å²) in [5, 5.41) is 10.2. The highest BCUT2D eigenvalue weighted by Crippen LogP contribution is 2.35. The fraction of sp³-hybridized carbons (Fsp3) is 0.222. The zero-order valence-corrected chi connectivity index (χ0v) is 8.08. The number of hydrogen-bond acceptors (Lipinski definition) is 4. The predicted octanol–water partition coefficient (Wildman–Crippen LogP) is 1.54. The Kier molecular flexibility index (Phi) is 1.55. The molecule has 2 N–H and O–H groups in total. The van der Waals surface area contributed by atoms with E-state index in [4.69, 9.17) is 12.2 Å². The molecule has 0 fully saturated rings. The molecule has 0 unspecified atom stereocenters. The van der Waals surface area contributed by atoms with E-state index in [1.807, 2.05) is 12.2 Å². The van der Waals surface area contributed by atoms with Gasteiger partial charge in [-0.25, -0.2) is 0 Å². The Hall–Kier alpha value is -1.49. The highest BCUT2D eigenvalue weighted by molar-refractivity contribution is 7.71. The van der Waals surface area contributed by atoms with Crippen LogP contribution in [0.1, 0.15) is 11.6 Å². The average Bonchev–Trinajstić information content (AvgIpc) is 2.54. The molecule has 0 spiro atoms. The molecule has 1 aliphatic heterocycles. The fourth-order valence-electron chi connectivity index (χ4n) is 1.85. The van der Waals surface area contributed by atoms with Gasteiger partial charge in [-0.2, -0.15) is 10.1 Å². The van der Waals surface area contributed by atoms with Crippen molar-refractivity contribution < 1.29 is 0 Å². The van der Waals surface area contributed by atoms with Gasteiger partial charge in [0.15, 0.2) is 5.82 Å². The number of aromatic amines is 1. The van der Waals surface area contributed by atoms with Crippen LogP contribution in [0.4, 0.5) is 5.82 Å². The minimum absolute atomic E-state index is 0.278. The van der Waals surface area contributed by atoms with Gasteiger partial charge in [0.2, 0.25) is 4.77 Å². The van der Waals surface area contributed by atoms with Crippen molar-refractivity contribution >= 4 is 18.0 Å². The summed E-state index contributed by atoms with van der Waals surface area (Å²) in [6.07, 6.45) is 8.28. The van der Waals surface area contributed by atoms with Gasteiger partial charge in [0, 0.05) is 5.92 Å². The molecule has 2 heterocycles. The number of hydrogen-bond donors (Lipinski definition) is 2. The molecule has 0 saturated heterocycles. The smallest absolute Gasteiger partial charge is 0.215 e. The number of nitrogens with zero attached hydrogens (tertiary/aromatic N) is 2. The third-order valence-corrected chi connectivity index (χ3v) is 2.66. The van der Waals surface area contributed by atoms with E-state index in [0.717, 1.165) is 11.5 Å². The van der Waals surface area contributed by atoms with Crippen LogP contribution in [0.5, 0.6) is 0 Å². The minimum atomic E-state index is 0.278. The van der Waals surface area contributed by atoms with Gasteiger partial charge in [-0.3, -0.25) is 5.10 Å². The molecule has 0 radical (unpaired) electrons. The Bertz CT molecular complexity index is 488. The van der Waals surface area contributed by atoms with Gasteiger partial charge < -0.3 is 5.32 Å². The highest BCUT2D eigenvalue weighted by Gasteiger charge is 2.32. The fourth-order valence-corrected chi connectivity index (χ4v) is 1.98. The van der Waals surface area contributed by atoms with Gasteiger partial charge in [-0.15, -0.1) is 0 Å². The molecule has 1 aliphatic carbocycles. The average molecular weight is 204 g/mol. The van der Waals surface area contributed by atoms with Crippen molar-refractivity contribution in [2.24, 2.45) is 0 Å². The van der Waals surface area contributed by atoms with Crippen LogP contribution in [0, 0.1) is 4.77 Å². The number of H-pyrrole nitrogens is 1. The van der Waals surface area contributed by atoms with E-state index in [1.54, 1.807) is 0 Å². The first-order valence-corrected chi connectivity index (χ1v) is 4.83. The van der Waals surface area contributed by atoms with E-state index < -0.39 is 0 Å². The lowest BCUT2D eigenvalue weighted by atomic mass is 9.96. The number of fused-ring (bicyclic) bond motifs is 3. The maximum Gasteiger partial charge on any atom is 0.215 e. The summed E-state index contributed by atoms with van der Waals surface area (Å²) < 4.78 is 0.419. The third-order valence-electron chi connectivity index (χ3n) is 2.48.